The quantitative estimate of drug-likeness (QED) is 0.915. The first-order valence-corrected chi connectivity index (χ1v) is 7.93. The van der Waals surface area contributed by atoms with Gasteiger partial charge in [-0.05, 0) is 31.7 Å². The lowest BCUT2D eigenvalue weighted by Gasteiger charge is -2.35. The molecule has 1 aromatic carbocycles. The van der Waals surface area contributed by atoms with Gasteiger partial charge in [0.1, 0.15) is 0 Å². The summed E-state index contributed by atoms with van der Waals surface area (Å²) in [5, 5.41) is 13.3. The number of hydrogen-bond donors (Lipinski definition) is 2. The number of urea groups is 1. The van der Waals surface area contributed by atoms with Crippen LogP contribution in [0.15, 0.2) is 30.5 Å². The molecule has 1 atom stereocenters. The predicted molar refractivity (Wildman–Crippen MR) is 88.0 cm³/mol. The molecule has 0 aliphatic carbocycles. The van der Waals surface area contributed by atoms with Gasteiger partial charge < -0.3 is 19.9 Å². The van der Waals surface area contributed by atoms with Gasteiger partial charge in [0.15, 0.2) is 0 Å². The third kappa shape index (κ3) is 2.81. The van der Waals surface area contributed by atoms with E-state index < -0.39 is 0 Å². The Morgan fingerprint density at radius 1 is 1.36 bits per heavy atom. The normalized spacial score (nSPS) is 18.6. The standard InChI is InChI=1S/C17H23N3O2/c1-19-12-15(14-7-2-3-8-16(14)19)18-17(22)20-10-5-4-6-13(20)9-11-21/h2-3,7-8,12-13,21H,4-6,9-11H2,1H3,(H,18,22). The number of aliphatic hydroxyl groups excluding tert-OH is 1. The smallest absolute Gasteiger partial charge is 0.322 e. The van der Waals surface area contributed by atoms with Gasteiger partial charge in [0.25, 0.3) is 0 Å². The van der Waals surface area contributed by atoms with E-state index in [1.807, 2.05) is 47.0 Å². The zero-order chi connectivity index (χ0) is 15.5. The molecule has 2 N–H and O–H groups in total. The summed E-state index contributed by atoms with van der Waals surface area (Å²) < 4.78 is 2.02. The minimum atomic E-state index is -0.0606. The van der Waals surface area contributed by atoms with Gasteiger partial charge in [0, 0.05) is 43.3 Å². The highest BCUT2D eigenvalue weighted by molar-refractivity contribution is 6.01. The summed E-state index contributed by atoms with van der Waals surface area (Å²) in [5.74, 6) is 0. The Bertz CT molecular complexity index is 663. The number of likely N-dealkylation sites (tertiary alicyclic amines) is 1. The lowest BCUT2D eigenvalue weighted by molar-refractivity contribution is 0.141. The molecular formula is C17H23N3O2. The van der Waals surface area contributed by atoms with Crippen molar-refractivity contribution in [3.63, 3.8) is 0 Å². The van der Waals surface area contributed by atoms with Gasteiger partial charge in [0.05, 0.1) is 5.69 Å². The molecule has 1 aliphatic heterocycles. The Hall–Kier alpha value is -2.01. The van der Waals surface area contributed by atoms with Gasteiger partial charge in [-0.3, -0.25) is 0 Å². The summed E-state index contributed by atoms with van der Waals surface area (Å²) in [7, 11) is 1.98. The van der Waals surface area contributed by atoms with Crippen molar-refractivity contribution < 1.29 is 9.90 Å². The fraction of sp³-hybridized carbons (Fsp3) is 0.471. The van der Waals surface area contributed by atoms with E-state index in [2.05, 4.69) is 5.32 Å². The van der Waals surface area contributed by atoms with Crippen LogP contribution in [-0.4, -0.2) is 39.8 Å². The Morgan fingerprint density at radius 3 is 3.00 bits per heavy atom. The second-order valence-corrected chi connectivity index (χ2v) is 5.96. The fourth-order valence-corrected chi connectivity index (χ4v) is 3.35. The first kappa shape index (κ1) is 14.9. The fourth-order valence-electron chi connectivity index (χ4n) is 3.35. The molecule has 5 heteroatoms. The van der Waals surface area contributed by atoms with Crippen molar-refractivity contribution in [2.24, 2.45) is 7.05 Å². The van der Waals surface area contributed by atoms with Gasteiger partial charge in [-0.15, -0.1) is 0 Å². The van der Waals surface area contributed by atoms with Crippen molar-refractivity contribution in [1.82, 2.24) is 9.47 Å². The van der Waals surface area contributed by atoms with Gasteiger partial charge in [-0.2, -0.15) is 0 Å². The molecule has 118 valence electrons. The molecule has 3 rings (SSSR count). The molecule has 1 aliphatic rings. The Kier molecular flexibility index (Phi) is 4.34. The number of amides is 2. The van der Waals surface area contributed by atoms with Crippen LogP contribution < -0.4 is 5.32 Å². The number of carbonyl (C=O) groups excluding carboxylic acids is 1. The third-order valence-corrected chi connectivity index (χ3v) is 4.49. The maximum Gasteiger partial charge on any atom is 0.322 e. The van der Waals surface area contributed by atoms with Crippen molar-refractivity contribution in [2.45, 2.75) is 31.7 Å². The second-order valence-electron chi connectivity index (χ2n) is 5.96. The van der Waals surface area contributed by atoms with Crippen LogP contribution in [0.1, 0.15) is 25.7 Å². The monoisotopic (exact) mass is 301 g/mol. The molecule has 1 saturated heterocycles. The second kappa shape index (κ2) is 6.40. The molecule has 1 aromatic heterocycles. The number of nitrogens with one attached hydrogen (secondary N) is 1. The maximum atomic E-state index is 12.6. The molecule has 0 bridgehead atoms. The molecule has 0 spiro atoms. The number of rotatable bonds is 3. The first-order valence-electron chi connectivity index (χ1n) is 7.93. The minimum absolute atomic E-state index is 0.0606. The number of benzene rings is 1. The number of aromatic nitrogens is 1. The highest BCUT2D eigenvalue weighted by atomic mass is 16.3. The van der Waals surface area contributed by atoms with E-state index in [0.717, 1.165) is 42.4 Å². The number of aryl methyl sites for hydroxylation is 1. The van der Waals surface area contributed by atoms with Gasteiger partial charge >= 0.3 is 6.03 Å². The number of aliphatic hydroxyl groups is 1. The number of hydrogen-bond acceptors (Lipinski definition) is 2. The van der Waals surface area contributed by atoms with Gasteiger partial charge in [0.2, 0.25) is 0 Å². The van der Waals surface area contributed by atoms with E-state index in [1.165, 1.54) is 0 Å². The van der Waals surface area contributed by atoms with E-state index in [4.69, 9.17) is 0 Å². The lowest BCUT2D eigenvalue weighted by atomic mass is 10.0. The van der Waals surface area contributed by atoms with Crippen LogP contribution in [0.3, 0.4) is 0 Å². The molecule has 2 amide bonds. The Balaban J connectivity index is 1.80. The van der Waals surface area contributed by atoms with Crippen LogP contribution in [0.25, 0.3) is 10.9 Å². The summed E-state index contributed by atoms with van der Waals surface area (Å²) in [6, 6.07) is 8.12. The van der Waals surface area contributed by atoms with Crippen LogP contribution in [0.5, 0.6) is 0 Å². The Morgan fingerprint density at radius 2 is 2.18 bits per heavy atom. The van der Waals surface area contributed by atoms with Crippen molar-refractivity contribution >= 4 is 22.6 Å². The number of nitrogens with zero attached hydrogens (tertiary/aromatic N) is 2. The first-order chi connectivity index (χ1) is 10.7. The molecule has 2 aromatic rings. The van der Waals surface area contributed by atoms with Crippen molar-refractivity contribution in [1.29, 1.82) is 0 Å². The number of fused-ring (bicyclic) bond motifs is 1. The van der Waals surface area contributed by atoms with E-state index in [9.17, 15) is 9.90 Å². The number of piperidine rings is 1. The lowest BCUT2D eigenvalue weighted by Crippen LogP contribution is -2.46. The molecule has 0 saturated carbocycles. The molecule has 5 nitrogen and oxygen atoms in total. The average molecular weight is 301 g/mol. The highest BCUT2D eigenvalue weighted by Gasteiger charge is 2.26. The average Bonchev–Trinajstić information content (AvgIpc) is 2.85. The van der Waals surface area contributed by atoms with Crippen LogP contribution in [0.2, 0.25) is 0 Å². The van der Waals surface area contributed by atoms with Gasteiger partial charge in [-0.1, -0.05) is 18.2 Å². The number of carbonyl (C=O) groups is 1. The summed E-state index contributed by atoms with van der Waals surface area (Å²) in [6.45, 7) is 0.893. The summed E-state index contributed by atoms with van der Waals surface area (Å²) >= 11 is 0. The Labute approximate surface area is 130 Å². The molecule has 22 heavy (non-hydrogen) atoms. The third-order valence-electron chi connectivity index (χ3n) is 4.49. The minimum Gasteiger partial charge on any atom is -0.396 e. The van der Waals surface area contributed by atoms with Crippen LogP contribution in [0.4, 0.5) is 10.5 Å². The van der Waals surface area contributed by atoms with Crippen molar-refractivity contribution in [2.75, 3.05) is 18.5 Å². The van der Waals surface area contributed by atoms with Crippen LogP contribution in [0, 0.1) is 0 Å². The molecular weight excluding hydrogens is 278 g/mol. The largest absolute Gasteiger partial charge is 0.396 e. The van der Waals surface area contributed by atoms with Crippen LogP contribution >= 0.6 is 0 Å². The van der Waals surface area contributed by atoms with E-state index in [1.54, 1.807) is 0 Å². The zero-order valence-electron chi connectivity index (χ0n) is 13.0. The van der Waals surface area contributed by atoms with Crippen molar-refractivity contribution in [3.8, 4) is 0 Å². The van der Waals surface area contributed by atoms with Crippen LogP contribution in [-0.2, 0) is 7.05 Å². The highest BCUT2D eigenvalue weighted by Crippen LogP contribution is 2.26. The number of anilines is 1. The molecule has 1 unspecified atom stereocenters. The number of para-hydroxylation sites is 1. The molecule has 0 radical (unpaired) electrons. The van der Waals surface area contributed by atoms with Gasteiger partial charge in [-0.25, -0.2) is 4.79 Å². The van der Waals surface area contributed by atoms with E-state index >= 15 is 0 Å². The summed E-state index contributed by atoms with van der Waals surface area (Å²) in [6.07, 6.45) is 5.74. The molecule has 2 heterocycles. The van der Waals surface area contributed by atoms with Crippen molar-refractivity contribution in [3.05, 3.63) is 30.5 Å². The van der Waals surface area contributed by atoms with E-state index in [-0.39, 0.29) is 18.7 Å². The predicted octanol–water partition coefficient (Wildman–Crippen LogP) is 2.95. The SMILES string of the molecule is Cn1cc(NC(=O)N2CCCCC2CCO)c2ccccc21. The zero-order valence-corrected chi connectivity index (χ0v) is 13.0. The molecule has 1 fully saturated rings. The summed E-state index contributed by atoms with van der Waals surface area (Å²) in [4.78, 5) is 14.5. The summed E-state index contributed by atoms with van der Waals surface area (Å²) in [5.41, 5.74) is 1.94. The van der Waals surface area contributed by atoms with E-state index in [0.29, 0.717) is 6.42 Å². The maximum absolute atomic E-state index is 12.6. The topological polar surface area (TPSA) is 57.5 Å².